The molecule has 0 spiro atoms. The number of nitrogens with two attached hydrogens (primary N) is 3. The first-order valence-corrected chi connectivity index (χ1v) is 6.01. The van der Waals surface area contributed by atoms with Crippen molar-refractivity contribution in [1.82, 2.24) is 0 Å². The van der Waals surface area contributed by atoms with Gasteiger partial charge >= 0.3 is 0 Å². The Kier molecular flexibility index (Phi) is 3.88. The third-order valence-corrected chi connectivity index (χ3v) is 2.73. The van der Waals surface area contributed by atoms with E-state index in [9.17, 15) is 0 Å². The summed E-state index contributed by atoms with van der Waals surface area (Å²) in [5.41, 5.74) is 18.8. The van der Waals surface area contributed by atoms with Crippen molar-refractivity contribution < 1.29 is 0 Å². The highest BCUT2D eigenvalue weighted by Crippen LogP contribution is 2.19. The molecule has 6 N–H and O–H groups in total. The summed E-state index contributed by atoms with van der Waals surface area (Å²) >= 11 is 0. The molecule has 0 saturated carbocycles. The van der Waals surface area contributed by atoms with E-state index in [-0.39, 0.29) is 0 Å². The lowest BCUT2D eigenvalue weighted by Gasteiger charge is -1.98. The lowest BCUT2D eigenvalue weighted by Crippen LogP contribution is -1.87. The summed E-state index contributed by atoms with van der Waals surface area (Å²) in [6.45, 7) is 0. The Morgan fingerprint density at radius 3 is 1.74 bits per heavy atom. The third-order valence-electron chi connectivity index (χ3n) is 2.73. The van der Waals surface area contributed by atoms with Crippen LogP contribution in [0.15, 0.2) is 66.7 Å². The number of hydrogen-bond acceptors (Lipinski definition) is 3. The predicted molar refractivity (Wildman–Crippen MR) is 83.6 cm³/mol. The Balaban J connectivity index is 0.000000148. The summed E-state index contributed by atoms with van der Waals surface area (Å²) in [6.07, 6.45) is 0. The molecule has 0 aromatic heterocycles. The second kappa shape index (κ2) is 5.78. The van der Waals surface area contributed by atoms with Crippen LogP contribution in [0.1, 0.15) is 0 Å². The molecule has 0 amide bonds. The fraction of sp³-hybridized carbons (Fsp3) is 0. The molecule has 0 atom stereocenters. The monoisotopic (exact) mass is 251 g/mol. The quantitative estimate of drug-likeness (QED) is 0.536. The number of hydrogen-bond donors (Lipinski definition) is 3. The molecular weight excluding hydrogens is 234 g/mol. The molecular formula is C16H17N3. The molecule has 0 saturated heterocycles. The van der Waals surface area contributed by atoms with E-state index >= 15 is 0 Å². The molecule has 0 bridgehead atoms. The summed E-state index contributed by atoms with van der Waals surface area (Å²) in [5.74, 6) is 0. The number of nitrogen functional groups attached to an aromatic ring is 3. The molecule has 0 aliphatic rings. The van der Waals surface area contributed by atoms with E-state index in [1.54, 1.807) is 18.2 Å². The molecule has 0 fully saturated rings. The summed E-state index contributed by atoms with van der Waals surface area (Å²) in [5, 5.41) is 2.34. The van der Waals surface area contributed by atoms with Crippen molar-refractivity contribution in [1.29, 1.82) is 0 Å². The van der Waals surface area contributed by atoms with Gasteiger partial charge in [0.1, 0.15) is 0 Å². The lowest BCUT2D eigenvalue weighted by atomic mass is 10.1. The Hall–Kier alpha value is -2.68. The minimum absolute atomic E-state index is 0.713. The fourth-order valence-electron chi connectivity index (χ4n) is 1.81. The van der Waals surface area contributed by atoms with E-state index in [1.165, 1.54) is 5.39 Å². The van der Waals surface area contributed by atoms with Gasteiger partial charge in [-0.05, 0) is 29.7 Å². The van der Waals surface area contributed by atoms with Gasteiger partial charge in [0.15, 0.2) is 0 Å². The van der Waals surface area contributed by atoms with Gasteiger partial charge in [0.25, 0.3) is 0 Å². The van der Waals surface area contributed by atoms with E-state index in [0.717, 1.165) is 11.1 Å². The SMILES string of the molecule is Nc1cccc(N)c1.Nc1cccc2ccccc12. The van der Waals surface area contributed by atoms with Crippen molar-refractivity contribution in [2.45, 2.75) is 0 Å². The van der Waals surface area contributed by atoms with Gasteiger partial charge in [0.05, 0.1) is 0 Å². The first-order chi connectivity index (χ1) is 9.16. The predicted octanol–water partition coefficient (Wildman–Crippen LogP) is 3.27. The number of fused-ring (bicyclic) bond motifs is 1. The number of anilines is 3. The van der Waals surface area contributed by atoms with Gasteiger partial charge in [-0.2, -0.15) is 0 Å². The summed E-state index contributed by atoms with van der Waals surface area (Å²) in [7, 11) is 0. The largest absolute Gasteiger partial charge is 0.399 e. The topological polar surface area (TPSA) is 78.1 Å². The van der Waals surface area contributed by atoms with Crippen molar-refractivity contribution in [3.05, 3.63) is 66.7 Å². The molecule has 0 heterocycles. The van der Waals surface area contributed by atoms with Gasteiger partial charge in [-0.25, -0.2) is 0 Å². The van der Waals surface area contributed by atoms with E-state index in [1.807, 2.05) is 36.4 Å². The van der Waals surface area contributed by atoms with Crippen LogP contribution in [0, 0.1) is 0 Å². The first-order valence-electron chi connectivity index (χ1n) is 6.01. The van der Waals surface area contributed by atoms with Crippen LogP contribution in [0.5, 0.6) is 0 Å². The molecule has 0 unspecified atom stereocenters. The van der Waals surface area contributed by atoms with Crippen molar-refractivity contribution in [3.8, 4) is 0 Å². The Morgan fingerprint density at radius 1 is 0.579 bits per heavy atom. The van der Waals surface area contributed by atoms with E-state index < -0.39 is 0 Å². The number of rotatable bonds is 0. The van der Waals surface area contributed by atoms with Crippen LogP contribution in [-0.2, 0) is 0 Å². The average Bonchev–Trinajstić information content (AvgIpc) is 2.40. The molecule has 0 aliphatic heterocycles. The van der Waals surface area contributed by atoms with E-state index in [0.29, 0.717) is 11.4 Å². The van der Waals surface area contributed by atoms with Crippen molar-refractivity contribution in [2.75, 3.05) is 17.2 Å². The second-order valence-corrected chi connectivity index (χ2v) is 4.24. The van der Waals surface area contributed by atoms with Gasteiger partial charge in [0.2, 0.25) is 0 Å². The second-order valence-electron chi connectivity index (χ2n) is 4.24. The molecule has 3 aromatic carbocycles. The molecule has 0 radical (unpaired) electrons. The van der Waals surface area contributed by atoms with Crippen LogP contribution < -0.4 is 17.2 Å². The minimum atomic E-state index is 0.713. The van der Waals surface area contributed by atoms with Crippen LogP contribution >= 0.6 is 0 Å². The van der Waals surface area contributed by atoms with E-state index in [2.05, 4.69) is 12.1 Å². The molecule has 0 aliphatic carbocycles. The van der Waals surface area contributed by atoms with Crippen LogP contribution in [0.3, 0.4) is 0 Å². The zero-order chi connectivity index (χ0) is 13.7. The maximum Gasteiger partial charge on any atom is 0.0393 e. The third kappa shape index (κ3) is 3.39. The van der Waals surface area contributed by atoms with Gasteiger partial charge in [-0.3, -0.25) is 0 Å². The highest BCUT2D eigenvalue weighted by Gasteiger charge is 1.92. The number of benzene rings is 3. The average molecular weight is 251 g/mol. The summed E-state index contributed by atoms with van der Waals surface area (Å²) in [4.78, 5) is 0. The van der Waals surface area contributed by atoms with Crippen LogP contribution in [0.25, 0.3) is 10.8 Å². The molecule has 96 valence electrons. The smallest absolute Gasteiger partial charge is 0.0393 e. The van der Waals surface area contributed by atoms with E-state index in [4.69, 9.17) is 17.2 Å². The first kappa shape index (κ1) is 12.8. The highest BCUT2D eigenvalue weighted by molar-refractivity contribution is 5.92. The molecule has 3 nitrogen and oxygen atoms in total. The standard InChI is InChI=1S/C10H9N.C6H8N2/c11-10-7-3-5-8-4-1-2-6-9(8)10;7-5-2-1-3-6(8)4-5/h1-7H,11H2;1-4H,7-8H2. The van der Waals surface area contributed by atoms with Crippen molar-refractivity contribution in [2.24, 2.45) is 0 Å². The molecule has 3 heteroatoms. The van der Waals surface area contributed by atoms with Gasteiger partial charge in [-0.15, -0.1) is 0 Å². The maximum absolute atomic E-state index is 5.76. The summed E-state index contributed by atoms with van der Waals surface area (Å²) < 4.78 is 0. The highest BCUT2D eigenvalue weighted by atomic mass is 14.6. The summed E-state index contributed by atoms with van der Waals surface area (Å²) in [6, 6.07) is 21.2. The Labute approximate surface area is 112 Å². The minimum Gasteiger partial charge on any atom is -0.399 e. The fourth-order valence-corrected chi connectivity index (χ4v) is 1.81. The zero-order valence-corrected chi connectivity index (χ0v) is 10.6. The molecule has 3 aromatic rings. The van der Waals surface area contributed by atoms with Gasteiger partial charge in [-0.1, -0.05) is 42.5 Å². The normalized spacial score (nSPS) is 9.68. The van der Waals surface area contributed by atoms with Crippen LogP contribution in [-0.4, -0.2) is 0 Å². The zero-order valence-electron chi connectivity index (χ0n) is 10.6. The molecule has 3 rings (SSSR count). The van der Waals surface area contributed by atoms with Crippen LogP contribution in [0.2, 0.25) is 0 Å². The van der Waals surface area contributed by atoms with Gasteiger partial charge in [0, 0.05) is 22.4 Å². The van der Waals surface area contributed by atoms with Crippen LogP contribution in [0.4, 0.5) is 17.1 Å². The molecule has 19 heavy (non-hydrogen) atoms. The Bertz CT molecular complexity index is 655. The van der Waals surface area contributed by atoms with Gasteiger partial charge < -0.3 is 17.2 Å². The van der Waals surface area contributed by atoms with Crippen molar-refractivity contribution >= 4 is 27.8 Å². The Morgan fingerprint density at radius 2 is 1.16 bits per heavy atom. The lowest BCUT2D eigenvalue weighted by molar-refractivity contribution is 1.67. The van der Waals surface area contributed by atoms with Crippen molar-refractivity contribution in [3.63, 3.8) is 0 Å². The maximum atomic E-state index is 5.76.